The Morgan fingerprint density at radius 1 is 1.38 bits per heavy atom. The van der Waals surface area contributed by atoms with Crippen molar-refractivity contribution in [2.24, 2.45) is 0 Å². The van der Waals surface area contributed by atoms with E-state index in [-0.39, 0.29) is 0 Å². The van der Waals surface area contributed by atoms with E-state index >= 15 is 0 Å². The van der Waals surface area contributed by atoms with Gasteiger partial charge in [0.05, 0.1) is 5.52 Å². The molecule has 2 aromatic heterocycles. The number of hydrogen-bond donors (Lipinski definition) is 1. The van der Waals surface area contributed by atoms with Gasteiger partial charge in [0, 0.05) is 6.07 Å². The molecule has 4 nitrogen and oxygen atoms in total. The van der Waals surface area contributed by atoms with Crippen LogP contribution in [0.5, 0.6) is 5.88 Å². The van der Waals surface area contributed by atoms with Gasteiger partial charge in [0.25, 0.3) is 0 Å². The maximum absolute atomic E-state index is 5.62. The molecule has 0 atom stereocenters. The molecule has 1 aliphatic carbocycles. The van der Waals surface area contributed by atoms with E-state index < -0.39 is 0 Å². The Morgan fingerprint density at radius 3 is 2.94 bits per heavy atom. The molecule has 0 bridgehead atoms. The van der Waals surface area contributed by atoms with E-state index in [0.717, 1.165) is 24.2 Å². The summed E-state index contributed by atoms with van der Waals surface area (Å²) in [7, 11) is 0. The summed E-state index contributed by atoms with van der Waals surface area (Å²) in [6, 6.07) is 3.80. The van der Waals surface area contributed by atoms with E-state index in [1.54, 1.807) is 0 Å². The Bertz CT molecular complexity index is 604. The van der Waals surface area contributed by atoms with Crippen LogP contribution in [0, 0.1) is 11.6 Å². The van der Waals surface area contributed by atoms with Crippen molar-refractivity contribution in [3.05, 3.63) is 22.6 Å². The number of aromatic nitrogens is 3. The summed E-state index contributed by atoms with van der Waals surface area (Å²) < 4.78 is 6.14. The lowest BCUT2D eigenvalue weighted by Crippen LogP contribution is -1.99. The zero-order chi connectivity index (χ0) is 11.1. The lowest BCUT2D eigenvalue weighted by molar-refractivity contribution is 0.292. The van der Waals surface area contributed by atoms with Crippen molar-refractivity contribution >= 4 is 23.3 Å². The number of fused-ring (bicyclic) bond motifs is 1. The van der Waals surface area contributed by atoms with Gasteiger partial charge in [0.15, 0.2) is 4.64 Å². The van der Waals surface area contributed by atoms with Crippen LogP contribution in [-0.2, 0) is 0 Å². The van der Waals surface area contributed by atoms with Crippen molar-refractivity contribution in [3.8, 4) is 5.88 Å². The van der Waals surface area contributed by atoms with Crippen LogP contribution in [-0.4, -0.2) is 21.1 Å². The lowest BCUT2D eigenvalue weighted by Gasteiger charge is -2.05. The first-order chi connectivity index (χ1) is 7.72. The third-order valence-electron chi connectivity index (χ3n) is 2.47. The fourth-order valence-corrected chi connectivity index (χ4v) is 1.85. The molecule has 0 radical (unpaired) electrons. The molecule has 3 rings (SSSR count). The molecule has 0 spiro atoms. The fraction of sp³-hybridized carbons (Fsp3) is 0.364. The maximum Gasteiger partial charge on any atom is 0.214 e. The summed E-state index contributed by atoms with van der Waals surface area (Å²) in [5.74, 6) is 1.44. The number of nitrogens with one attached hydrogen (secondary N) is 1. The third kappa shape index (κ3) is 1.78. The maximum atomic E-state index is 5.62. The first-order valence-corrected chi connectivity index (χ1v) is 5.67. The predicted octanol–water partition coefficient (Wildman–Crippen LogP) is 2.54. The van der Waals surface area contributed by atoms with Crippen LogP contribution < -0.4 is 4.74 Å². The van der Waals surface area contributed by atoms with E-state index in [4.69, 9.17) is 17.0 Å². The number of nitrogens with zero attached hydrogens (tertiary/aromatic N) is 2. The standard InChI is InChI=1S/C11H11N3OS/c1-6-12-8-4-5-9(15-7-2-3-7)14-10(8)11(16)13-6/h4-5,7H,2-3H2,1H3,(H,12,13,16). The van der Waals surface area contributed by atoms with Gasteiger partial charge in [-0.3, -0.25) is 0 Å². The largest absolute Gasteiger partial charge is 0.474 e. The molecule has 2 aromatic rings. The third-order valence-corrected chi connectivity index (χ3v) is 2.75. The highest BCUT2D eigenvalue weighted by Gasteiger charge is 2.24. The molecule has 1 N–H and O–H groups in total. The van der Waals surface area contributed by atoms with Gasteiger partial charge in [-0.25, -0.2) is 9.97 Å². The molecule has 16 heavy (non-hydrogen) atoms. The molecule has 1 saturated carbocycles. The van der Waals surface area contributed by atoms with Gasteiger partial charge in [-0.15, -0.1) is 0 Å². The van der Waals surface area contributed by atoms with Crippen LogP contribution in [0.4, 0.5) is 0 Å². The monoisotopic (exact) mass is 233 g/mol. The minimum Gasteiger partial charge on any atom is -0.474 e. The smallest absolute Gasteiger partial charge is 0.214 e. The average molecular weight is 233 g/mol. The average Bonchev–Trinajstić information content (AvgIpc) is 3.03. The quantitative estimate of drug-likeness (QED) is 0.810. The molecule has 0 saturated heterocycles. The van der Waals surface area contributed by atoms with Crippen LogP contribution in [0.25, 0.3) is 11.0 Å². The summed E-state index contributed by atoms with van der Waals surface area (Å²) >= 11 is 5.18. The van der Waals surface area contributed by atoms with Crippen molar-refractivity contribution in [2.75, 3.05) is 0 Å². The molecule has 0 amide bonds. The Labute approximate surface area is 97.7 Å². The number of H-pyrrole nitrogens is 1. The van der Waals surface area contributed by atoms with Crippen LogP contribution in [0.1, 0.15) is 18.7 Å². The molecule has 5 heteroatoms. The molecular weight excluding hydrogens is 222 g/mol. The van der Waals surface area contributed by atoms with Crippen molar-refractivity contribution < 1.29 is 4.74 Å². The number of ether oxygens (including phenoxy) is 1. The van der Waals surface area contributed by atoms with Gasteiger partial charge in [0.1, 0.15) is 17.4 Å². The molecule has 0 aliphatic heterocycles. The van der Waals surface area contributed by atoms with Gasteiger partial charge in [-0.1, -0.05) is 12.2 Å². The lowest BCUT2D eigenvalue weighted by atomic mass is 10.3. The molecule has 2 heterocycles. The highest BCUT2D eigenvalue weighted by atomic mass is 32.1. The van der Waals surface area contributed by atoms with Crippen LogP contribution in [0.2, 0.25) is 0 Å². The summed E-state index contributed by atoms with van der Waals surface area (Å²) in [5, 5.41) is 0. The van der Waals surface area contributed by atoms with Crippen molar-refractivity contribution in [1.29, 1.82) is 0 Å². The molecule has 0 unspecified atom stereocenters. The topological polar surface area (TPSA) is 50.8 Å². The van der Waals surface area contributed by atoms with E-state index in [1.807, 2.05) is 19.1 Å². The molecule has 1 aliphatic rings. The second kappa shape index (κ2) is 3.52. The summed E-state index contributed by atoms with van der Waals surface area (Å²) in [6.45, 7) is 1.88. The van der Waals surface area contributed by atoms with E-state index in [9.17, 15) is 0 Å². The minimum atomic E-state index is 0.348. The first-order valence-electron chi connectivity index (χ1n) is 5.27. The number of rotatable bonds is 2. The highest BCUT2D eigenvalue weighted by molar-refractivity contribution is 7.71. The normalized spacial score (nSPS) is 15.3. The molecule has 1 fully saturated rings. The van der Waals surface area contributed by atoms with Crippen LogP contribution >= 0.6 is 12.2 Å². The van der Waals surface area contributed by atoms with Gasteiger partial charge in [-0.05, 0) is 25.8 Å². The van der Waals surface area contributed by atoms with Crippen molar-refractivity contribution in [3.63, 3.8) is 0 Å². The molecular formula is C11H11N3OS. The zero-order valence-corrected chi connectivity index (χ0v) is 9.67. The highest BCUT2D eigenvalue weighted by Crippen LogP contribution is 2.26. The van der Waals surface area contributed by atoms with Gasteiger partial charge >= 0.3 is 0 Å². The predicted molar refractivity (Wildman–Crippen MR) is 63.1 cm³/mol. The second-order valence-corrected chi connectivity index (χ2v) is 4.38. The number of aromatic amines is 1. The summed E-state index contributed by atoms with van der Waals surface area (Å²) in [6.07, 6.45) is 2.60. The molecule has 82 valence electrons. The van der Waals surface area contributed by atoms with Crippen molar-refractivity contribution in [2.45, 2.75) is 25.9 Å². The Hall–Kier alpha value is -1.49. The zero-order valence-electron chi connectivity index (χ0n) is 8.86. The Balaban J connectivity index is 2.12. The van der Waals surface area contributed by atoms with E-state index in [2.05, 4.69) is 15.0 Å². The van der Waals surface area contributed by atoms with E-state index in [1.165, 1.54) is 0 Å². The SMILES string of the molecule is Cc1nc(=S)c2nc(OC3CC3)ccc2[nH]1. The number of hydrogen-bond acceptors (Lipinski definition) is 4. The number of pyridine rings is 1. The second-order valence-electron chi connectivity index (χ2n) is 3.99. The Kier molecular flexibility index (Phi) is 2.14. The van der Waals surface area contributed by atoms with Crippen LogP contribution in [0.3, 0.4) is 0 Å². The molecule has 0 aromatic carbocycles. The van der Waals surface area contributed by atoms with Crippen LogP contribution in [0.15, 0.2) is 12.1 Å². The first kappa shape index (κ1) is 9.72. The Morgan fingerprint density at radius 2 is 2.19 bits per heavy atom. The van der Waals surface area contributed by atoms with E-state index in [0.29, 0.717) is 22.1 Å². The van der Waals surface area contributed by atoms with Crippen molar-refractivity contribution in [1.82, 2.24) is 15.0 Å². The summed E-state index contributed by atoms with van der Waals surface area (Å²) in [5.41, 5.74) is 1.61. The van der Waals surface area contributed by atoms with Gasteiger partial charge < -0.3 is 9.72 Å². The van der Waals surface area contributed by atoms with Gasteiger partial charge in [-0.2, -0.15) is 0 Å². The van der Waals surface area contributed by atoms with Gasteiger partial charge in [0.2, 0.25) is 5.88 Å². The fourth-order valence-electron chi connectivity index (χ4n) is 1.56. The summed E-state index contributed by atoms with van der Waals surface area (Å²) in [4.78, 5) is 11.7. The number of aryl methyl sites for hydroxylation is 1. The minimum absolute atomic E-state index is 0.348.